The SMILES string of the molecule is COc1c(Cl)cc(/C(O)=C2/C(=O)C(=O)N(CCc3cn(C)c4ccccc34)C2c2cccs2)cc1Cl. The van der Waals surface area contributed by atoms with E-state index in [0.717, 1.165) is 21.3 Å². The van der Waals surface area contributed by atoms with Crippen LogP contribution in [0, 0.1) is 0 Å². The molecule has 1 amide bonds. The fourth-order valence-corrected chi connectivity index (χ4v) is 6.25. The van der Waals surface area contributed by atoms with Crippen LogP contribution < -0.4 is 4.74 Å². The number of hydrogen-bond acceptors (Lipinski definition) is 5. The van der Waals surface area contributed by atoms with Crippen molar-refractivity contribution < 1.29 is 19.4 Å². The van der Waals surface area contributed by atoms with Gasteiger partial charge in [-0.3, -0.25) is 9.59 Å². The van der Waals surface area contributed by atoms with Gasteiger partial charge in [0.05, 0.1) is 28.8 Å². The van der Waals surface area contributed by atoms with Gasteiger partial charge in [0, 0.05) is 41.1 Å². The number of ketones is 1. The molecule has 4 aromatic rings. The van der Waals surface area contributed by atoms with E-state index < -0.39 is 17.7 Å². The Morgan fingerprint density at radius 3 is 2.50 bits per heavy atom. The van der Waals surface area contributed by atoms with Crippen molar-refractivity contribution in [3.05, 3.63) is 91.7 Å². The maximum Gasteiger partial charge on any atom is 0.295 e. The molecular formula is C27H22Cl2N2O4S. The highest BCUT2D eigenvalue weighted by Gasteiger charge is 2.46. The minimum atomic E-state index is -0.744. The first-order valence-electron chi connectivity index (χ1n) is 11.2. The molecule has 1 N–H and O–H groups in total. The number of ether oxygens (including phenoxy) is 1. The van der Waals surface area contributed by atoms with Gasteiger partial charge in [0.15, 0.2) is 5.75 Å². The van der Waals surface area contributed by atoms with Gasteiger partial charge in [-0.25, -0.2) is 0 Å². The van der Waals surface area contributed by atoms with Crippen molar-refractivity contribution in [3.8, 4) is 5.75 Å². The molecule has 0 aliphatic carbocycles. The van der Waals surface area contributed by atoms with Crippen LogP contribution in [-0.4, -0.2) is 39.9 Å². The zero-order valence-electron chi connectivity index (χ0n) is 19.5. The molecule has 2 aromatic heterocycles. The Kier molecular flexibility index (Phi) is 6.55. The van der Waals surface area contributed by atoms with E-state index in [2.05, 4.69) is 0 Å². The lowest BCUT2D eigenvalue weighted by atomic mass is 9.99. The van der Waals surface area contributed by atoms with Crippen molar-refractivity contribution in [1.29, 1.82) is 0 Å². The second kappa shape index (κ2) is 9.65. The van der Waals surface area contributed by atoms with Crippen LogP contribution in [0.3, 0.4) is 0 Å². The quantitative estimate of drug-likeness (QED) is 0.179. The Balaban J connectivity index is 1.56. The molecule has 1 aliphatic heterocycles. The monoisotopic (exact) mass is 540 g/mol. The number of carbonyl (C=O) groups is 2. The molecule has 0 saturated carbocycles. The van der Waals surface area contributed by atoms with Gasteiger partial charge in [0.2, 0.25) is 0 Å². The van der Waals surface area contributed by atoms with Gasteiger partial charge in [-0.2, -0.15) is 0 Å². The lowest BCUT2D eigenvalue weighted by molar-refractivity contribution is -0.139. The van der Waals surface area contributed by atoms with Crippen LogP contribution in [-0.2, 0) is 23.1 Å². The number of hydrogen-bond donors (Lipinski definition) is 1. The van der Waals surface area contributed by atoms with Gasteiger partial charge in [-0.05, 0) is 41.6 Å². The number of carbonyl (C=O) groups excluding carboxylic acids is 2. The average Bonchev–Trinajstić information content (AvgIpc) is 3.56. The van der Waals surface area contributed by atoms with Crippen molar-refractivity contribution in [2.24, 2.45) is 7.05 Å². The highest BCUT2D eigenvalue weighted by Crippen LogP contribution is 2.43. The standard InChI is InChI=1S/C27H22Cl2N2O4S/c1-30-14-15(17-6-3-4-7-20(17)30)9-10-31-23(21-8-5-11-36-21)22(25(33)27(31)34)24(32)16-12-18(28)26(35-2)19(29)13-16/h3-8,11-14,23,32H,9-10H2,1-2H3/b24-22-. The number of likely N-dealkylation sites (tertiary alicyclic amines) is 1. The lowest BCUT2D eigenvalue weighted by Crippen LogP contribution is -2.31. The summed E-state index contributed by atoms with van der Waals surface area (Å²) in [6.07, 6.45) is 2.60. The van der Waals surface area contributed by atoms with Crippen molar-refractivity contribution >= 4 is 62.9 Å². The first kappa shape index (κ1) is 24.4. The number of aryl methyl sites for hydroxylation is 1. The fraction of sp³-hybridized carbons (Fsp3) is 0.185. The summed E-state index contributed by atoms with van der Waals surface area (Å²) in [6.45, 7) is 0.308. The molecule has 2 aromatic carbocycles. The summed E-state index contributed by atoms with van der Waals surface area (Å²) in [5.41, 5.74) is 2.42. The molecule has 0 radical (unpaired) electrons. The van der Waals surface area contributed by atoms with E-state index in [1.807, 2.05) is 59.6 Å². The molecule has 9 heteroatoms. The lowest BCUT2D eigenvalue weighted by Gasteiger charge is -2.24. The van der Waals surface area contributed by atoms with E-state index in [4.69, 9.17) is 27.9 Å². The number of Topliss-reactive ketones (excluding diaryl/α,β-unsaturated/α-hetero) is 1. The van der Waals surface area contributed by atoms with E-state index in [9.17, 15) is 14.7 Å². The van der Waals surface area contributed by atoms with Crippen molar-refractivity contribution in [3.63, 3.8) is 0 Å². The minimum absolute atomic E-state index is 0.0117. The van der Waals surface area contributed by atoms with Gasteiger partial charge in [-0.15, -0.1) is 11.3 Å². The van der Waals surface area contributed by atoms with Crippen LogP contribution in [0.1, 0.15) is 22.0 Å². The predicted octanol–water partition coefficient (Wildman–Crippen LogP) is 6.22. The summed E-state index contributed by atoms with van der Waals surface area (Å²) < 4.78 is 7.23. The van der Waals surface area contributed by atoms with E-state index >= 15 is 0 Å². The Morgan fingerprint density at radius 1 is 1.11 bits per heavy atom. The van der Waals surface area contributed by atoms with Gasteiger partial charge >= 0.3 is 0 Å². The fourth-order valence-electron chi connectivity index (χ4n) is 4.77. The number of aliphatic hydroxyl groups is 1. The smallest absolute Gasteiger partial charge is 0.295 e. The summed E-state index contributed by atoms with van der Waals surface area (Å²) in [7, 11) is 3.42. The van der Waals surface area contributed by atoms with Crippen LogP contribution >= 0.6 is 34.5 Å². The van der Waals surface area contributed by atoms with Gasteiger partial charge in [0.25, 0.3) is 11.7 Å². The number of thiophene rings is 1. The molecule has 36 heavy (non-hydrogen) atoms. The summed E-state index contributed by atoms with van der Waals surface area (Å²) >= 11 is 14.0. The number of halogens is 2. The van der Waals surface area contributed by atoms with Crippen LogP contribution in [0.25, 0.3) is 16.7 Å². The minimum Gasteiger partial charge on any atom is -0.507 e. The Hall–Kier alpha value is -3.26. The molecule has 3 heterocycles. The zero-order chi connectivity index (χ0) is 25.6. The van der Waals surface area contributed by atoms with Crippen LogP contribution in [0.4, 0.5) is 0 Å². The molecule has 0 bridgehead atoms. The number of aliphatic hydroxyl groups excluding tert-OH is 1. The number of amides is 1. The molecule has 5 rings (SSSR count). The van der Waals surface area contributed by atoms with Crippen molar-refractivity contribution in [1.82, 2.24) is 9.47 Å². The van der Waals surface area contributed by atoms with Gasteiger partial charge in [-0.1, -0.05) is 47.5 Å². The summed E-state index contributed by atoms with van der Waals surface area (Å²) in [6, 6.07) is 14.0. The summed E-state index contributed by atoms with van der Waals surface area (Å²) in [5, 5.41) is 14.6. The van der Waals surface area contributed by atoms with E-state index in [0.29, 0.717) is 13.0 Å². The van der Waals surface area contributed by atoms with E-state index in [-0.39, 0.29) is 32.7 Å². The topological polar surface area (TPSA) is 71.8 Å². The molecule has 184 valence electrons. The van der Waals surface area contributed by atoms with Crippen LogP contribution in [0.15, 0.2) is 65.7 Å². The van der Waals surface area contributed by atoms with Crippen LogP contribution in [0.5, 0.6) is 5.75 Å². The molecule has 1 fully saturated rings. The summed E-state index contributed by atoms with van der Waals surface area (Å²) in [4.78, 5) is 28.8. The third-order valence-corrected chi connectivity index (χ3v) is 7.92. The first-order chi connectivity index (χ1) is 17.3. The number of para-hydroxylation sites is 1. The number of nitrogens with zero attached hydrogens (tertiary/aromatic N) is 2. The maximum absolute atomic E-state index is 13.3. The number of rotatable bonds is 6. The molecule has 1 unspecified atom stereocenters. The molecule has 6 nitrogen and oxygen atoms in total. The number of benzene rings is 2. The average molecular weight is 541 g/mol. The number of fused-ring (bicyclic) bond motifs is 1. The molecular weight excluding hydrogens is 519 g/mol. The maximum atomic E-state index is 13.3. The Bertz CT molecular complexity index is 1500. The van der Waals surface area contributed by atoms with Gasteiger partial charge in [0.1, 0.15) is 5.76 Å². The highest BCUT2D eigenvalue weighted by molar-refractivity contribution is 7.10. The van der Waals surface area contributed by atoms with Gasteiger partial charge < -0.3 is 19.3 Å². The summed E-state index contributed by atoms with van der Waals surface area (Å²) in [5.74, 6) is -1.46. The molecule has 1 atom stereocenters. The molecule has 0 spiro atoms. The van der Waals surface area contributed by atoms with Crippen molar-refractivity contribution in [2.45, 2.75) is 12.5 Å². The third kappa shape index (κ3) is 4.07. The van der Waals surface area contributed by atoms with Crippen molar-refractivity contribution in [2.75, 3.05) is 13.7 Å². The second-order valence-corrected chi connectivity index (χ2v) is 10.3. The molecule has 1 aliphatic rings. The highest BCUT2D eigenvalue weighted by atomic mass is 35.5. The zero-order valence-corrected chi connectivity index (χ0v) is 21.8. The largest absolute Gasteiger partial charge is 0.507 e. The number of aromatic nitrogens is 1. The third-order valence-electron chi connectivity index (χ3n) is 6.43. The normalized spacial score (nSPS) is 17.3. The van der Waals surface area contributed by atoms with E-state index in [1.165, 1.54) is 35.5 Å². The first-order valence-corrected chi connectivity index (χ1v) is 12.8. The number of methoxy groups -OCH3 is 1. The molecule has 1 saturated heterocycles. The predicted molar refractivity (Wildman–Crippen MR) is 143 cm³/mol. The Morgan fingerprint density at radius 2 is 1.83 bits per heavy atom. The van der Waals surface area contributed by atoms with E-state index in [1.54, 1.807) is 0 Å². The van der Waals surface area contributed by atoms with Crippen LogP contribution in [0.2, 0.25) is 10.0 Å². The second-order valence-electron chi connectivity index (χ2n) is 8.51. The Labute approximate surface area is 221 Å².